The Labute approximate surface area is 417 Å². The van der Waals surface area contributed by atoms with Crippen molar-refractivity contribution in [3.63, 3.8) is 0 Å². The molecule has 372 valence electrons. The lowest BCUT2D eigenvalue weighted by Crippen LogP contribution is -2.10. The minimum absolute atomic E-state index is 0. The van der Waals surface area contributed by atoms with E-state index >= 15 is 0 Å². The first-order valence-corrected chi connectivity index (χ1v) is 22.5. The average Bonchev–Trinajstić information content (AvgIpc) is 3.31. The fraction of sp³-hybridized carbons (Fsp3) is 0.179. The van der Waals surface area contributed by atoms with Gasteiger partial charge in [-0.05, 0) is 134 Å². The predicted octanol–water partition coefficient (Wildman–Crippen LogP) is 11.3. The number of phenolic OH excluding ortho intramolecular Hbond substituents is 4. The Balaban J connectivity index is 0.000000178. The van der Waals surface area contributed by atoms with E-state index in [4.69, 9.17) is 53.5 Å². The van der Waals surface area contributed by atoms with Crippen molar-refractivity contribution < 1.29 is 48.2 Å². The number of phenols is 4. The topological polar surface area (TPSA) is 222 Å². The smallest absolute Gasteiger partial charge is 0.165 e. The molecule has 0 fully saturated rings. The standard InChI is InChI=1S/C19H18FNO2.C12H12ClNO2.C12H12FNO2.C12H13NO2.CH4/c1-12-9-14(7-8-21)15-11-17(20)18(22)16(19(15)23-12)10-13-5-3-2-4-6-13;2*1-7-4-8(2-3-14)9-5-10(13)11(15)6-12(9)16-7;1-8-6-9(4-5-13)11-3-2-10(14)7-12(11)15-8;/h2-6,9,11,22H,1,7-8,10,21H2;2*4-6,15H,1-3,14H2;2-3,6-7,14H,1,4-5,13H2;1H4. The van der Waals surface area contributed by atoms with Crippen molar-refractivity contribution in [2.45, 2.75) is 39.5 Å². The number of ether oxygens (including phenoxy) is 4. The van der Waals surface area contributed by atoms with Crippen LogP contribution >= 0.6 is 11.6 Å². The minimum Gasteiger partial charge on any atom is -0.508 e. The number of nitrogens with two attached hydrogens (primary N) is 4. The van der Waals surface area contributed by atoms with E-state index in [0.717, 1.165) is 51.8 Å². The van der Waals surface area contributed by atoms with Crippen LogP contribution in [0, 0.1) is 11.6 Å². The van der Waals surface area contributed by atoms with Gasteiger partial charge in [0, 0.05) is 52.4 Å². The highest BCUT2D eigenvalue weighted by Crippen LogP contribution is 2.44. The van der Waals surface area contributed by atoms with Gasteiger partial charge in [0.1, 0.15) is 57.5 Å². The summed E-state index contributed by atoms with van der Waals surface area (Å²) < 4.78 is 49.3. The second kappa shape index (κ2) is 24.8. The Kier molecular flexibility index (Phi) is 19.0. The monoisotopic (exact) mass is 988 g/mol. The molecule has 12 N–H and O–H groups in total. The lowest BCUT2D eigenvalue weighted by atomic mass is 9.93. The first kappa shape index (κ1) is 54.4. The summed E-state index contributed by atoms with van der Waals surface area (Å²) >= 11 is 5.86. The number of benzene rings is 5. The van der Waals surface area contributed by atoms with Crippen LogP contribution in [-0.4, -0.2) is 46.6 Å². The zero-order valence-electron chi connectivity index (χ0n) is 38.4. The molecule has 0 aromatic heterocycles. The van der Waals surface area contributed by atoms with E-state index in [1.54, 1.807) is 30.4 Å². The zero-order valence-corrected chi connectivity index (χ0v) is 39.1. The van der Waals surface area contributed by atoms with E-state index in [1.807, 2.05) is 48.6 Å². The van der Waals surface area contributed by atoms with Crippen molar-refractivity contribution >= 4 is 33.9 Å². The van der Waals surface area contributed by atoms with Crippen molar-refractivity contribution in [1.29, 1.82) is 0 Å². The molecule has 4 aliphatic rings. The van der Waals surface area contributed by atoms with Gasteiger partial charge in [0.05, 0.1) is 5.02 Å². The Bertz CT molecular complexity index is 2880. The molecule has 71 heavy (non-hydrogen) atoms. The third kappa shape index (κ3) is 13.6. The number of hydrogen-bond acceptors (Lipinski definition) is 12. The molecule has 5 aromatic carbocycles. The third-order valence-corrected chi connectivity index (χ3v) is 11.2. The highest BCUT2D eigenvalue weighted by Gasteiger charge is 2.26. The molecule has 5 aromatic rings. The molecule has 0 spiro atoms. The van der Waals surface area contributed by atoms with E-state index in [2.05, 4.69) is 26.3 Å². The molecule has 0 amide bonds. The third-order valence-electron chi connectivity index (χ3n) is 10.9. The van der Waals surface area contributed by atoms with Gasteiger partial charge in [0.25, 0.3) is 0 Å². The quantitative estimate of drug-likeness (QED) is 0.0655. The van der Waals surface area contributed by atoms with Crippen LogP contribution in [0.25, 0.3) is 22.3 Å². The van der Waals surface area contributed by atoms with Crippen LogP contribution < -0.4 is 41.9 Å². The van der Waals surface area contributed by atoms with Crippen LogP contribution in [0.4, 0.5) is 8.78 Å². The summed E-state index contributed by atoms with van der Waals surface area (Å²) in [6, 6.07) is 21.6. The SMILES string of the molecule is C.C=C1C=C(CCN)c2cc(Cl)c(O)cc2O1.C=C1C=C(CCN)c2cc(F)c(O)c(Cc3ccccc3)c2O1.C=C1C=C(CCN)c2cc(F)c(O)cc2O1.C=C1C=C(CCN)c2ccc(O)cc2O1. The number of hydrogen-bond donors (Lipinski definition) is 8. The molecule has 4 aliphatic heterocycles. The van der Waals surface area contributed by atoms with Crippen molar-refractivity contribution in [3.05, 3.63) is 203 Å². The molecular formula is C56H59ClF2N4O8. The summed E-state index contributed by atoms with van der Waals surface area (Å²) in [5.74, 6) is 2.18. The van der Waals surface area contributed by atoms with Crippen molar-refractivity contribution in [1.82, 2.24) is 0 Å². The second-order valence-electron chi connectivity index (χ2n) is 16.1. The summed E-state index contributed by atoms with van der Waals surface area (Å²) in [5, 5.41) is 38.6. The molecule has 0 radical (unpaired) electrons. The number of halogens is 3. The summed E-state index contributed by atoms with van der Waals surface area (Å²) in [6.07, 6.45) is 10.3. The average molecular weight is 990 g/mol. The summed E-state index contributed by atoms with van der Waals surface area (Å²) in [5.41, 5.74) is 30.5. The minimum atomic E-state index is -0.669. The first-order chi connectivity index (χ1) is 33.5. The number of aromatic hydroxyl groups is 4. The van der Waals surface area contributed by atoms with Crippen LogP contribution in [-0.2, 0) is 6.42 Å². The maximum atomic E-state index is 14.2. The van der Waals surface area contributed by atoms with Crippen molar-refractivity contribution in [2.24, 2.45) is 22.9 Å². The number of allylic oxidation sites excluding steroid dienone is 4. The molecule has 0 bridgehead atoms. The Morgan fingerprint density at radius 2 is 0.930 bits per heavy atom. The van der Waals surface area contributed by atoms with Crippen LogP contribution in [0.2, 0.25) is 5.02 Å². The van der Waals surface area contributed by atoms with Gasteiger partial charge in [0.2, 0.25) is 0 Å². The molecule has 0 atom stereocenters. The van der Waals surface area contributed by atoms with Gasteiger partial charge in [-0.1, -0.05) is 75.7 Å². The van der Waals surface area contributed by atoms with E-state index in [1.165, 1.54) is 24.3 Å². The van der Waals surface area contributed by atoms with E-state index in [0.29, 0.717) is 113 Å². The van der Waals surface area contributed by atoms with E-state index in [9.17, 15) is 29.2 Å². The van der Waals surface area contributed by atoms with Crippen LogP contribution in [0.3, 0.4) is 0 Å². The predicted molar refractivity (Wildman–Crippen MR) is 279 cm³/mol. The molecule has 0 unspecified atom stereocenters. The maximum Gasteiger partial charge on any atom is 0.165 e. The van der Waals surface area contributed by atoms with Crippen LogP contribution in [0.5, 0.6) is 46.0 Å². The van der Waals surface area contributed by atoms with Crippen LogP contribution in [0.1, 0.15) is 66.5 Å². The van der Waals surface area contributed by atoms with Crippen LogP contribution in [0.15, 0.2) is 153 Å². The first-order valence-electron chi connectivity index (χ1n) is 22.1. The summed E-state index contributed by atoms with van der Waals surface area (Å²) in [7, 11) is 0. The van der Waals surface area contributed by atoms with E-state index < -0.39 is 17.4 Å². The van der Waals surface area contributed by atoms with Gasteiger partial charge in [-0.3, -0.25) is 0 Å². The van der Waals surface area contributed by atoms with Crippen molar-refractivity contribution in [2.75, 3.05) is 26.2 Å². The Hall–Kier alpha value is -7.59. The molecule has 9 rings (SSSR count). The van der Waals surface area contributed by atoms with Gasteiger partial charge in [0.15, 0.2) is 23.1 Å². The van der Waals surface area contributed by atoms with Gasteiger partial charge in [-0.25, -0.2) is 8.78 Å². The summed E-state index contributed by atoms with van der Waals surface area (Å²) in [6.45, 7) is 17.0. The van der Waals surface area contributed by atoms with Gasteiger partial charge >= 0.3 is 0 Å². The molecular weight excluding hydrogens is 930 g/mol. The maximum absolute atomic E-state index is 14.2. The van der Waals surface area contributed by atoms with Gasteiger partial charge in [-0.2, -0.15) is 0 Å². The number of rotatable bonds is 10. The Morgan fingerprint density at radius 1 is 0.493 bits per heavy atom. The lowest BCUT2D eigenvalue weighted by molar-refractivity contribution is 0.401. The fourth-order valence-corrected chi connectivity index (χ4v) is 7.98. The molecule has 0 saturated carbocycles. The molecule has 0 saturated heterocycles. The highest BCUT2D eigenvalue weighted by atomic mass is 35.5. The van der Waals surface area contributed by atoms with Gasteiger partial charge < -0.3 is 62.3 Å². The second-order valence-corrected chi connectivity index (χ2v) is 16.5. The molecule has 4 heterocycles. The highest BCUT2D eigenvalue weighted by molar-refractivity contribution is 6.32. The Morgan fingerprint density at radius 3 is 1.45 bits per heavy atom. The molecule has 12 nitrogen and oxygen atoms in total. The summed E-state index contributed by atoms with van der Waals surface area (Å²) in [4.78, 5) is 0. The number of fused-ring (bicyclic) bond motifs is 4. The fourth-order valence-electron chi connectivity index (χ4n) is 7.82. The molecule has 0 aliphatic carbocycles. The zero-order chi connectivity index (χ0) is 50.6. The van der Waals surface area contributed by atoms with Gasteiger partial charge in [-0.15, -0.1) is 0 Å². The largest absolute Gasteiger partial charge is 0.508 e. The normalized spacial score (nSPS) is 13.7. The van der Waals surface area contributed by atoms with Crippen molar-refractivity contribution in [3.8, 4) is 46.0 Å². The molecule has 15 heteroatoms. The van der Waals surface area contributed by atoms with E-state index in [-0.39, 0.29) is 24.7 Å². The lowest BCUT2D eigenvalue weighted by Gasteiger charge is -2.23.